The molecule has 0 radical (unpaired) electrons. The van der Waals surface area contributed by atoms with E-state index in [4.69, 9.17) is 4.74 Å². The number of fused-ring (bicyclic) bond motifs is 1. The highest BCUT2D eigenvalue weighted by molar-refractivity contribution is 5.78. The second-order valence-corrected chi connectivity index (χ2v) is 9.33. The summed E-state index contributed by atoms with van der Waals surface area (Å²) in [6.45, 7) is 9.86. The van der Waals surface area contributed by atoms with Gasteiger partial charge >= 0.3 is 6.09 Å². The molecule has 3 rings (SSSR count). The van der Waals surface area contributed by atoms with Gasteiger partial charge in [-0.05, 0) is 70.1 Å². The van der Waals surface area contributed by atoms with E-state index in [9.17, 15) is 14.7 Å². The molecule has 158 valence electrons. The smallest absolute Gasteiger partial charge is 0.410 e. The molecule has 1 fully saturated rings. The Morgan fingerprint density at radius 1 is 1.28 bits per heavy atom. The van der Waals surface area contributed by atoms with Gasteiger partial charge < -0.3 is 14.7 Å². The molecule has 1 amide bonds. The molecular weight excluding hydrogens is 370 g/mol. The monoisotopic (exact) mass is 401 g/mol. The summed E-state index contributed by atoms with van der Waals surface area (Å²) < 4.78 is 7.08. The van der Waals surface area contributed by atoms with Gasteiger partial charge in [-0.1, -0.05) is 6.92 Å². The molecule has 1 aromatic carbocycles. The zero-order valence-electron chi connectivity index (χ0n) is 17.8. The number of rotatable bonds is 4. The van der Waals surface area contributed by atoms with E-state index in [1.165, 1.54) is 12.1 Å². The third kappa shape index (κ3) is 5.28. The SMILES string of the molecule is CC1(CCCn2cnc3ccc(O)cc3c2=O)CCN(C(=O)OC(C)(C)C)CC1. The molecule has 1 N–H and O–H groups in total. The molecule has 0 atom stereocenters. The third-order valence-electron chi connectivity index (χ3n) is 5.61. The quantitative estimate of drug-likeness (QED) is 0.839. The number of phenols is 1. The van der Waals surface area contributed by atoms with Crippen molar-refractivity contribution in [3.05, 3.63) is 34.9 Å². The van der Waals surface area contributed by atoms with Crippen LogP contribution < -0.4 is 5.56 Å². The Morgan fingerprint density at radius 2 is 1.97 bits per heavy atom. The lowest BCUT2D eigenvalue weighted by Crippen LogP contribution is -2.44. The first-order valence-corrected chi connectivity index (χ1v) is 10.2. The van der Waals surface area contributed by atoms with Crippen molar-refractivity contribution in [1.82, 2.24) is 14.5 Å². The first-order chi connectivity index (χ1) is 13.6. The Labute approximate surface area is 171 Å². The number of amides is 1. The average molecular weight is 402 g/mol. The number of likely N-dealkylation sites (tertiary alicyclic amines) is 1. The van der Waals surface area contributed by atoms with Crippen molar-refractivity contribution in [1.29, 1.82) is 0 Å². The van der Waals surface area contributed by atoms with Crippen LogP contribution in [-0.4, -0.2) is 44.3 Å². The van der Waals surface area contributed by atoms with E-state index in [-0.39, 0.29) is 22.8 Å². The van der Waals surface area contributed by atoms with Crippen molar-refractivity contribution in [2.75, 3.05) is 13.1 Å². The number of nitrogens with zero attached hydrogens (tertiary/aromatic N) is 3. The summed E-state index contributed by atoms with van der Waals surface area (Å²) in [6.07, 6.45) is 5.01. The van der Waals surface area contributed by atoms with Crippen molar-refractivity contribution in [2.24, 2.45) is 5.41 Å². The summed E-state index contributed by atoms with van der Waals surface area (Å²) in [4.78, 5) is 31.0. The molecule has 7 heteroatoms. The minimum atomic E-state index is -0.476. The van der Waals surface area contributed by atoms with Gasteiger partial charge in [0.25, 0.3) is 5.56 Å². The molecule has 0 aliphatic carbocycles. The lowest BCUT2D eigenvalue weighted by atomic mass is 9.77. The summed E-state index contributed by atoms with van der Waals surface area (Å²) in [7, 11) is 0. The van der Waals surface area contributed by atoms with E-state index in [0.29, 0.717) is 30.5 Å². The Morgan fingerprint density at radius 3 is 2.62 bits per heavy atom. The molecule has 1 saturated heterocycles. The highest BCUT2D eigenvalue weighted by atomic mass is 16.6. The molecule has 1 aliphatic heterocycles. The van der Waals surface area contributed by atoms with Gasteiger partial charge in [-0.15, -0.1) is 0 Å². The van der Waals surface area contributed by atoms with Crippen molar-refractivity contribution < 1.29 is 14.6 Å². The first-order valence-electron chi connectivity index (χ1n) is 10.2. The zero-order chi connectivity index (χ0) is 21.2. The van der Waals surface area contributed by atoms with Crippen LogP contribution in [0.1, 0.15) is 53.4 Å². The van der Waals surface area contributed by atoms with Gasteiger partial charge in [-0.2, -0.15) is 0 Å². The predicted octanol–water partition coefficient (Wildman–Crippen LogP) is 3.92. The normalized spacial score (nSPS) is 16.8. The van der Waals surface area contributed by atoms with Gasteiger partial charge in [0.05, 0.1) is 17.2 Å². The van der Waals surface area contributed by atoms with Crippen LogP contribution in [0.5, 0.6) is 5.75 Å². The van der Waals surface area contributed by atoms with Gasteiger partial charge in [0.1, 0.15) is 11.4 Å². The predicted molar refractivity (Wildman–Crippen MR) is 112 cm³/mol. The summed E-state index contributed by atoms with van der Waals surface area (Å²) in [5.41, 5.74) is 0.127. The average Bonchev–Trinajstić information content (AvgIpc) is 2.63. The maximum Gasteiger partial charge on any atom is 0.410 e. The highest BCUT2D eigenvalue weighted by Crippen LogP contribution is 2.36. The fourth-order valence-corrected chi connectivity index (χ4v) is 3.79. The molecular formula is C22H31N3O4. The fraction of sp³-hybridized carbons (Fsp3) is 0.591. The molecule has 1 aromatic heterocycles. The second-order valence-electron chi connectivity index (χ2n) is 9.33. The van der Waals surface area contributed by atoms with Crippen molar-refractivity contribution in [3.8, 4) is 5.75 Å². The van der Waals surface area contributed by atoms with Crippen molar-refractivity contribution >= 4 is 17.0 Å². The Kier molecular flexibility index (Phi) is 5.87. The molecule has 29 heavy (non-hydrogen) atoms. The van der Waals surface area contributed by atoms with E-state index >= 15 is 0 Å². The molecule has 0 unspecified atom stereocenters. The Balaban J connectivity index is 1.55. The number of phenolic OH excluding ortho intramolecular Hbond substituents is 1. The lowest BCUT2D eigenvalue weighted by molar-refractivity contribution is 0.0108. The van der Waals surface area contributed by atoms with Crippen molar-refractivity contribution in [3.63, 3.8) is 0 Å². The van der Waals surface area contributed by atoms with Crippen LogP contribution in [0.25, 0.3) is 10.9 Å². The van der Waals surface area contributed by atoms with E-state index in [0.717, 1.165) is 25.7 Å². The largest absolute Gasteiger partial charge is 0.508 e. The lowest BCUT2D eigenvalue weighted by Gasteiger charge is -2.40. The van der Waals surface area contributed by atoms with Crippen molar-refractivity contribution in [2.45, 2.75) is 65.5 Å². The summed E-state index contributed by atoms with van der Waals surface area (Å²) in [6, 6.07) is 4.65. The van der Waals surface area contributed by atoms with Gasteiger partial charge in [-0.25, -0.2) is 9.78 Å². The van der Waals surface area contributed by atoms with Crippen LogP contribution in [0.4, 0.5) is 4.79 Å². The van der Waals surface area contributed by atoms with E-state index in [2.05, 4.69) is 11.9 Å². The molecule has 2 aromatic rings. The molecule has 0 bridgehead atoms. The topological polar surface area (TPSA) is 84.7 Å². The van der Waals surface area contributed by atoms with Crippen LogP contribution in [0.2, 0.25) is 0 Å². The summed E-state index contributed by atoms with van der Waals surface area (Å²) in [5, 5.41) is 10.1. The fourth-order valence-electron chi connectivity index (χ4n) is 3.79. The minimum Gasteiger partial charge on any atom is -0.508 e. The second kappa shape index (κ2) is 8.05. The zero-order valence-corrected chi connectivity index (χ0v) is 17.8. The van der Waals surface area contributed by atoms with E-state index in [1.54, 1.807) is 21.9 Å². The number of ether oxygens (including phenoxy) is 1. The van der Waals surface area contributed by atoms with Crippen LogP contribution in [0.15, 0.2) is 29.3 Å². The van der Waals surface area contributed by atoms with Gasteiger partial charge in [0.2, 0.25) is 0 Å². The van der Waals surface area contributed by atoms with Crippen LogP contribution in [0.3, 0.4) is 0 Å². The molecule has 1 aliphatic rings. The number of aromatic nitrogens is 2. The van der Waals surface area contributed by atoms with E-state index in [1.807, 2.05) is 20.8 Å². The van der Waals surface area contributed by atoms with E-state index < -0.39 is 5.60 Å². The number of carbonyl (C=O) groups excluding carboxylic acids is 1. The molecule has 7 nitrogen and oxygen atoms in total. The molecule has 0 spiro atoms. The third-order valence-corrected chi connectivity index (χ3v) is 5.61. The highest BCUT2D eigenvalue weighted by Gasteiger charge is 2.33. The Hall–Kier alpha value is -2.57. The van der Waals surface area contributed by atoms with Crippen LogP contribution in [0, 0.1) is 5.41 Å². The minimum absolute atomic E-state index is 0.0680. The standard InChI is InChI=1S/C22H31N3O4/c1-21(2,3)29-20(28)24-12-9-22(4,10-13-24)8-5-11-25-15-23-18-7-6-16(26)14-17(18)19(25)27/h6-7,14-15,26H,5,8-13H2,1-4H3. The number of benzene rings is 1. The maximum atomic E-state index is 12.6. The van der Waals surface area contributed by atoms with Gasteiger partial charge in [-0.3, -0.25) is 9.36 Å². The molecule has 2 heterocycles. The maximum absolute atomic E-state index is 12.6. The summed E-state index contributed by atoms with van der Waals surface area (Å²) >= 11 is 0. The first kappa shape index (κ1) is 21.1. The Bertz CT molecular complexity index is 937. The number of aromatic hydroxyl groups is 1. The number of carbonyl (C=O) groups is 1. The number of piperidine rings is 1. The van der Waals surface area contributed by atoms with Crippen LogP contribution >= 0.6 is 0 Å². The van der Waals surface area contributed by atoms with Gasteiger partial charge in [0, 0.05) is 19.6 Å². The number of hydrogen-bond acceptors (Lipinski definition) is 5. The van der Waals surface area contributed by atoms with Gasteiger partial charge in [0.15, 0.2) is 0 Å². The number of aryl methyl sites for hydroxylation is 1. The summed E-state index contributed by atoms with van der Waals surface area (Å²) in [5.74, 6) is 0.0680. The molecule has 0 saturated carbocycles. The number of hydrogen-bond donors (Lipinski definition) is 1. The van der Waals surface area contributed by atoms with Crippen LogP contribution in [-0.2, 0) is 11.3 Å².